The Morgan fingerprint density at radius 2 is 1.63 bits per heavy atom. The van der Waals surface area contributed by atoms with Crippen molar-refractivity contribution in [3.8, 4) is 5.75 Å². The summed E-state index contributed by atoms with van der Waals surface area (Å²) in [6.45, 7) is 7.44. The lowest BCUT2D eigenvalue weighted by molar-refractivity contribution is -0.168. The van der Waals surface area contributed by atoms with Crippen molar-refractivity contribution in [3.63, 3.8) is 0 Å². The molecule has 0 aromatic heterocycles. The third-order valence-corrected chi connectivity index (χ3v) is 11.1. The average molecular weight is 842 g/mol. The molecule has 60 heavy (non-hydrogen) atoms. The highest BCUT2D eigenvalue weighted by Gasteiger charge is 2.37. The Labute approximate surface area is 356 Å². The van der Waals surface area contributed by atoms with Gasteiger partial charge in [0.15, 0.2) is 6.04 Å². The van der Waals surface area contributed by atoms with E-state index in [0.29, 0.717) is 47.8 Å². The Kier molecular flexibility index (Phi) is 22.7. The van der Waals surface area contributed by atoms with Gasteiger partial charge in [0.2, 0.25) is 17.7 Å². The molecule has 4 amide bonds. The summed E-state index contributed by atoms with van der Waals surface area (Å²) in [7, 11) is 0. The van der Waals surface area contributed by atoms with E-state index < -0.39 is 59.7 Å². The summed E-state index contributed by atoms with van der Waals surface area (Å²) in [5, 5.41) is 37.4. The van der Waals surface area contributed by atoms with Crippen molar-refractivity contribution in [1.82, 2.24) is 20.8 Å². The minimum atomic E-state index is -1.18. The first-order valence-corrected chi connectivity index (χ1v) is 22.3. The van der Waals surface area contributed by atoms with Crippen LogP contribution in [0, 0.1) is 11.8 Å². The summed E-state index contributed by atoms with van der Waals surface area (Å²) < 4.78 is 11.5. The van der Waals surface area contributed by atoms with Crippen molar-refractivity contribution in [3.05, 3.63) is 42.0 Å². The number of nitrogens with zero attached hydrogens (tertiary/aromatic N) is 3. The number of nitrogens with one attached hydrogen (secondary N) is 2. The Hall–Kier alpha value is -4.50. The molecule has 15 nitrogen and oxygen atoms in total. The van der Waals surface area contributed by atoms with Crippen molar-refractivity contribution in [2.24, 2.45) is 16.8 Å². The number of aromatic hydroxyl groups is 1. The third-order valence-electron chi connectivity index (χ3n) is 11.1. The van der Waals surface area contributed by atoms with Gasteiger partial charge in [-0.2, -0.15) is 0 Å². The predicted molar refractivity (Wildman–Crippen MR) is 227 cm³/mol. The van der Waals surface area contributed by atoms with Gasteiger partial charge in [-0.15, -0.1) is 0 Å². The fraction of sp³-hybridized carbons (Fsp3) is 0.689. The second kappa shape index (κ2) is 27.4. The number of para-hydroxylation sites is 1. The maximum Gasteiger partial charge on any atom is 0.328 e. The van der Waals surface area contributed by atoms with E-state index in [9.17, 15) is 39.5 Å². The number of esters is 1. The predicted octanol–water partition coefficient (Wildman–Crippen LogP) is 6.76. The van der Waals surface area contributed by atoms with Crippen LogP contribution in [-0.4, -0.2) is 105 Å². The Morgan fingerprint density at radius 3 is 2.30 bits per heavy atom. The molecular weight excluding hydrogens is 771 g/mol. The van der Waals surface area contributed by atoms with Crippen LogP contribution >= 0.6 is 0 Å². The van der Waals surface area contributed by atoms with Gasteiger partial charge in [0.25, 0.3) is 11.8 Å². The van der Waals surface area contributed by atoms with Gasteiger partial charge in [-0.25, -0.2) is 19.9 Å². The summed E-state index contributed by atoms with van der Waals surface area (Å²) in [5.74, 6) is -4.27. The maximum atomic E-state index is 13.9. The van der Waals surface area contributed by atoms with E-state index in [-0.39, 0.29) is 43.7 Å². The third kappa shape index (κ3) is 17.2. The highest BCUT2D eigenvalue weighted by Crippen LogP contribution is 2.23. The van der Waals surface area contributed by atoms with Crippen LogP contribution in [0.5, 0.6) is 5.75 Å². The quantitative estimate of drug-likeness (QED) is 0.0207. The zero-order valence-corrected chi connectivity index (χ0v) is 36.3. The standard InChI is InChI=1S/C45H71N5O10/c1-5-6-7-8-9-10-11-12-13-14-15-16-17-28-39(52)49(57)29-22-21-26-36(47-42(54)37-31-59-43(48-37)34-24-18-19-27-38(34)51)45(56)60-40(32(2)3)33(4)41(53)46-35-25-20-23-30-50(58)44(35)55/h17-19,24,27-28,32-33,35-37,40,51,57-58H,5-16,20-23,25-26,29-31H2,1-4H3,(H,46,53)(H,47,54)/b28-17+/t33?,35-,36-,37-,40?/m0/s1. The number of benzene rings is 1. The van der Waals surface area contributed by atoms with Crippen LogP contribution in [0.3, 0.4) is 0 Å². The minimum Gasteiger partial charge on any atom is -0.507 e. The molecule has 15 heteroatoms. The van der Waals surface area contributed by atoms with Crippen LogP contribution < -0.4 is 10.6 Å². The van der Waals surface area contributed by atoms with Crippen LogP contribution in [0.2, 0.25) is 0 Å². The number of rotatable bonds is 27. The normalized spacial score (nSPS) is 18.4. The first-order valence-electron chi connectivity index (χ1n) is 22.3. The van der Waals surface area contributed by atoms with Crippen LogP contribution in [0.15, 0.2) is 41.4 Å². The van der Waals surface area contributed by atoms with Gasteiger partial charge in [0.1, 0.15) is 30.5 Å². The number of aliphatic imine (C=N–C) groups is 1. The topological polar surface area (TPSA) is 207 Å². The van der Waals surface area contributed by atoms with Gasteiger partial charge in [-0.05, 0) is 69.4 Å². The molecule has 0 aliphatic carbocycles. The molecule has 2 heterocycles. The van der Waals surface area contributed by atoms with Crippen molar-refractivity contribution in [2.45, 2.75) is 167 Å². The van der Waals surface area contributed by atoms with Gasteiger partial charge in [-0.1, -0.05) is 110 Å². The SMILES string of the molecule is CCCCCCCCCCCCC/C=C/C(=O)N(O)CCCC[C@H](NC(=O)[C@@H]1COC(c2ccccc2O)=N1)C(=O)OC(C(C)C)C(C)C(=O)N[C@H]1CCCCN(O)C1=O. The van der Waals surface area contributed by atoms with Gasteiger partial charge in [0, 0.05) is 19.2 Å². The molecule has 0 saturated carbocycles. The lowest BCUT2D eigenvalue weighted by atomic mass is 9.93. The number of phenolic OH excluding ortho intramolecular Hbond substituents is 1. The zero-order valence-electron chi connectivity index (χ0n) is 36.3. The molecule has 2 aliphatic heterocycles. The largest absolute Gasteiger partial charge is 0.507 e. The number of phenols is 1. The number of hydrogen-bond donors (Lipinski definition) is 5. The molecule has 0 bridgehead atoms. The molecule has 2 aliphatic rings. The van der Waals surface area contributed by atoms with E-state index >= 15 is 0 Å². The van der Waals surface area contributed by atoms with Crippen molar-refractivity contribution in [2.75, 3.05) is 19.7 Å². The lowest BCUT2D eigenvalue weighted by Gasteiger charge is -2.30. The number of allylic oxidation sites excluding steroid dienone is 1. The van der Waals surface area contributed by atoms with E-state index in [1.807, 2.05) is 0 Å². The molecule has 0 spiro atoms. The van der Waals surface area contributed by atoms with Crippen molar-refractivity contribution < 1.29 is 49.0 Å². The molecule has 5 atom stereocenters. The number of unbranched alkanes of at least 4 members (excludes halogenated alkanes) is 12. The highest BCUT2D eigenvalue weighted by atomic mass is 16.5. The summed E-state index contributed by atoms with van der Waals surface area (Å²) >= 11 is 0. The molecule has 1 saturated heterocycles. The Morgan fingerprint density at radius 1 is 0.967 bits per heavy atom. The summed E-state index contributed by atoms with van der Waals surface area (Å²) in [4.78, 5) is 70.2. The Balaban J connectivity index is 1.55. The van der Waals surface area contributed by atoms with E-state index in [1.54, 1.807) is 45.0 Å². The number of ether oxygens (including phenoxy) is 2. The number of amides is 4. The molecule has 3 rings (SSSR count). The number of hydroxylamine groups is 4. The summed E-state index contributed by atoms with van der Waals surface area (Å²) in [6, 6.07) is 3.30. The summed E-state index contributed by atoms with van der Waals surface area (Å²) in [5.41, 5.74) is 0.320. The second-order valence-electron chi connectivity index (χ2n) is 16.5. The van der Waals surface area contributed by atoms with Gasteiger partial charge < -0.3 is 25.2 Å². The van der Waals surface area contributed by atoms with Gasteiger partial charge in [-0.3, -0.25) is 29.6 Å². The van der Waals surface area contributed by atoms with Crippen LogP contribution in [0.1, 0.15) is 149 Å². The fourth-order valence-electron chi connectivity index (χ4n) is 7.39. The molecule has 5 N–H and O–H groups in total. The average Bonchev–Trinajstić information content (AvgIpc) is 3.67. The van der Waals surface area contributed by atoms with Crippen molar-refractivity contribution >= 4 is 35.5 Å². The first kappa shape index (κ1) is 49.9. The van der Waals surface area contributed by atoms with E-state index in [0.717, 1.165) is 19.3 Å². The fourth-order valence-corrected chi connectivity index (χ4v) is 7.39. The van der Waals surface area contributed by atoms with E-state index in [1.165, 1.54) is 69.9 Å². The lowest BCUT2D eigenvalue weighted by Crippen LogP contribution is -2.51. The smallest absolute Gasteiger partial charge is 0.328 e. The molecular formula is C45H71N5O10. The maximum absolute atomic E-state index is 13.9. The summed E-state index contributed by atoms with van der Waals surface area (Å²) in [6.07, 6.45) is 18.9. The van der Waals surface area contributed by atoms with E-state index in [2.05, 4.69) is 22.5 Å². The van der Waals surface area contributed by atoms with Gasteiger partial charge in [0.05, 0.1) is 11.5 Å². The van der Waals surface area contributed by atoms with Crippen LogP contribution in [0.25, 0.3) is 0 Å². The monoisotopic (exact) mass is 842 g/mol. The first-order chi connectivity index (χ1) is 28.8. The number of carbonyl (C=O) groups is 5. The van der Waals surface area contributed by atoms with Gasteiger partial charge >= 0.3 is 5.97 Å². The van der Waals surface area contributed by atoms with Crippen LogP contribution in [-0.2, 0) is 33.4 Å². The molecule has 1 aromatic carbocycles. The van der Waals surface area contributed by atoms with Crippen molar-refractivity contribution in [1.29, 1.82) is 0 Å². The number of hydrogen-bond acceptors (Lipinski definition) is 11. The molecule has 1 aromatic rings. The minimum absolute atomic E-state index is 0.000993. The second-order valence-corrected chi connectivity index (χ2v) is 16.5. The molecule has 1 fully saturated rings. The molecule has 0 radical (unpaired) electrons. The van der Waals surface area contributed by atoms with E-state index in [4.69, 9.17) is 9.47 Å². The Bertz CT molecular complexity index is 1570. The zero-order chi connectivity index (χ0) is 43.9. The highest BCUT2D eigenvalue weighted by molar-refractivity contribution is 6.00. The number of carbonyl (C=O) groups excluding carboxylic acids is 5. The molecule has 2 unspecified atom stereocenters. The molecule has 336 valence electrons. The van der Waals surface area contributed by atoms with Crippen LogP contribution in [0.4, 0.5) is 0 Å².